The van der Waals surface area contributed by atoms with Crippen LogP contribution in [0.25, 0.3) is 0 Å². The Morgan fingerprint density at radius 2 is 1.60 bits per heavy atom. The summed E-state index contributed by atoms with van der Waals surface area (Å²) in [6.45, 7) is 4.40. The standard InChI is InChI=1S/C15H23NO9/c1-8(17)16-13(15(21)22-5)14(25-11(4)20)12(24-10(3)19)6-7-23-9(2)18/h12,15,21H,6-7H2,1-5H3,(H,16,17)/b14-13-. The highest BCUT2D eigenvalue weighted by molar-refractivity contribution is 5.75. The number of carbonyl (C=O) groups is 4. The Hall–Kier alpha value is -2.46. The van der Waals surface area contributed by atoms with E-state index in [1.807, 2.05) is 0 Å². The van der Waals surface area contributed by atoms with Gasteiger partial charge in [0.2, 0.25) is 5.91 Å². The summed E-state index contributed by atoms with van der Waals surface area (Å²) in [6.07, 6.45) is -2.96. The summed E-state index contributed by atoms with van der Waals surface area (Å²) in [5.41, 5.74) is -0.306. The molecule has 0 spiro atoms. The lowest BCUT2D eigenvalue weighted by Gasteiger charge is -2.24. The monoisotopic (exact) mass is 361 g/mol. The van der Waals surface area contributed by atoms with Gasteiger partial charge in [-0.3, -0.25) is 19.2 Å². The molecule has 2 unspecified atom stereocenters. The number of rotatable bonds is 9. The molecule has 2 atom stereocenters. The minimum Gasteiger partial charge on any atom is -0.466 e. The van der Waals surface area contributed by atoms with Crippen LogP contribution in [0.1, 0.15) is 34.1 Å². The van der Waals surface area contributed by atoms with E-state index in [0.717, 1.165) is 27.9 Å². The van der Waals surface area contributed by atoms with Crippen LogP contribution in [0.3, 0.4) is 0 Å². The van der Waals surface area contributed by atoms with Crippen molar-refractivity contribution in [2.45, 2.75) is 46.5 Å². The van der Waals surface area contributed by atoms with Gasteiger partial charge < -0.3 is 29.4 Å². The summed E-state index contributed by atoms with van der Waals surface area (Å²) in [5, 5.41) is 12.2. The Morgan fingerprint density at radius 3 is 2.00 bits per heavy atom. The van der Waals surface area contributed by atoms with Gasteiger partial charge in [-0.15, -0.1) is 0 Å². The van der Waals surface area contributed by atoms with E-state index in [2.05, 4.69) is 5.32 Å². The van der Waals surface area contributed by atoms with E-state index < -0.39 is 36.2 Å². The molecule has 0 aliphatic rings. The molecule has 0 aromatic carbocycles. The number of esters is 3. The fraction of sp³-hybridized carbons (Fsp3) is 0.600. The first-order chi connectivity index (χ1) is 11.6. The van der Waals surface area contributed by atoms with Gasteiger partial charge in [0.05, 0.1) is 6.61 Å². The zero-order valence-electron chi connectivity index (χ0n) is 14.8. The van der Waals surface area contributed by atoms with Crippen LogP contribution in [-0.2, 0) is 38.1 Å². The van der Waals surface area contributed by atoms with Gasteiger partial charge in [-0.1, -0.05) is 0 Å². The third kappa shape index (κ3) is 9.42. The van der Waals surface area contributed by atoms with Gasteiger partial charge in [0.1, 0.15) is 5.70 Å². The first-order valence-corrected chi connectivity index (χ1v) is 7.30. The largest absolute Gasteiger partial charge is 0.466 e. The van der Waals surface area contributed by atoms with Crippen molar-refractivity contribution in [3.05, 3.63) is 11.5 Å². The van der Waals surface area contributed by atoms with Gasteiger partial charge in [0.15, 0.2) is 18.2 Å². The number of hydrogen-bond acceptors (Lipinski definition) is 9. The summed E-state index contributed by atoms with van der Waals surface area (Å²) in [5.74, 6) is -2.98. The number of carbonyl (C=O) groups excluding carboxylic acids is 4. The van der Waals surface area contributed by atoms with Gasteiger partial charge in [-0.05, 0) is 0 Å². The normalized spacial score (nSPS) is 13.8. The predicted octanol–water partition coefficient (Wildman–Crippen LogP) is -0.253. The Bertz CT molecular complexity index is 541. The lowest BCUT2D eigenvalue weighted by Crippen LogP contribution is -2.36. The average molecular weight is 361 g/mol. The second-order valence-corrected chi connectivity index (χ2v) is 4.87. The van der Waals surface area contributed by atoms with Crippen molar-refractivity contribution in [1.29, 1.82) is 0 Å². The van der Waals surface area contributed by atoms with E-state index in [9.17, 15) is 24.3 Å². The number of nitrogens with one attached hydrogen (secondary N) is 1. The number of aliphatic hydroxyl groups excluding tert-OH is 1. The van der Waals surface area contributed by atoms with Gasteiger partial charge in [0, 0.05) is 41.2 Å². The Morgan fingerprint density at radius 1 is 1.00 bits per heavy atom. The summed E-state index contributed by atoms with van der Waals surface area (Å²) >= 11 is 0. The Balaban J connectivity index is 5.90. The van der Waals surface area contributed by atoms with Crippen LogP contribution < -0.4 is 5.32 Å². The maximum atomic E-state index is 11.4. The minimum absolute atomic E-state index is 0.0821. The number of aliphatic hydroxyl groups is 1. The highest BCUT2D eigenvalue weighted by Crippen LogP contribution is 2.20. The molecule has 0 saturated heterocycles. The molecular weight excluding hydrogens is 338 g/mol. The zero-order valence-corrected chi connectivity index (χ0v) is 14.8. The molecule has 142 valence electrons. The molecule has 0 rings (SSSR count). The fourth-order valence-electron chi connectivity index (χ4n) is 1.76. The first-order valence-electron chi connectivity index (χ1n) is 7.30. The van der Waals surface area contributed by atoms with Crippen LogP contribution in [0.4, 0.5) is 0 Å². The summed E-state index contributed by atoms with van der Waals surface area (Å²) in [4.78, 5) is 45.0. The van der Waals surface area contributed by atoms with E-state index in [0.29, 0.717) is 0 Å². The number of amides is 1. The van der Waals surface area contributed by atoms with Crippen molar-refractivity contribution >= 4 is 23.8 Å². The van der Waals surface area contributed by atoms with Crippen molar-refractivity contribution in [2.24, 2.45) is 0 Å². The van der Waals surface area contributed by atoms with Crippen LogP contribution in [0.15, 0.2) is 11.5 Å². The molecule has 0 heterocycles. The van der Waals surface area contributed by atoms with E-state index in [1.54, 1.807) is 0 Å². The van der Waals surface area contributed by atoms with Crippen molar-refractivity contribution in [2.75, 3.05) is 13.7 Å². The molecule has 0 fully saturated rings. The van der Waals surface area contributed by atoms with Crippen LogP contribution in [0, 0.1) is 0 Å². The molecule has 0 saturated carbocycles. The highest BCUT2D eigenvalue weighted by atomic mass is 16.6. The van der Waals surface area contributed by atoms with Crippen LogP contribution >= 0.6 is 0 Å². The summed E-state index contributed by atoms with van der Waals surface area (Å²) < 4.78 is 19.6. The van der Waals surface area contributed by atoms with Crippen LogP contribution in [-0.4, -0.2) is 55.0 Å². The lowest BCUT2D eigenvalue weighted by atomic mass is 10.1. The SMILES string of the molecule is COC(O)/C(NC(C)=O)=C(/OC(C)=O)C(CCOC(C)=O)OC(C)=O. The zero-order chi connectivity index (χ0) is 19.6. The van der Waals surface area contributed by atoms with E-state index in [1.165, 1.54) is 6.92 Å². The topological polar surface area (TPSA) is 137 Å². The molecule has 0 aliphatic heterocycles. The highest BCUT2D eigenvalue weighted by Gasteiger charge is 2.29. The molecule has 0 bridgehead atoms. The number of hydrogen-bond donors (Lipinski definition) is 2. The second-order valence-electron chi connectivity index (χ2n) is 4.87. The lowest BCUT2D eigenvalue weighted by molar-refractivity contribution is -0.153. The maximum Gasteiger partial charge on any atom is 0.307 e. The molecule has 0 aromatic rings. The van der Waals surface area contributed by atoms with Crippen LogP contribution in [0.2, 0.25) is 0 Å². The molecule has 0 aromatic heterocycles. The first kappa shape index (κ1) is 22.5. The van der Waals surface area contributed by atoms with Crippen LogP contribution in [0.5, 0.6) is 0 Å². The van der Waals surface area contributed by atoms with Gasteiger partial charge in [0.25, 0.3) is 0 Å². The average Bonchev–Trinajstić information content (AvgIpc) is 2.47. The van der Waals surface area contributed by atoms with E-state index in [4.69, 9.17) is 18.9 Å². The molecule has 0 radical (unpaired) electrons. The summed E-state index contributed by atoms with van der Waals surface area (Å²) in [7, 11) is 1.15. The third-order valence-electron chi connectivity index (χ3n) is 2.59. The summed E-state index contributed by atoms with van der Waals surface area (Å²) in [6, 6.07) is 0. The molecule has 10 heteroatoms. The van der Waals surface area contributed by atoms with Crippen molar-refractivity contribution < 1.29 is 43.2 Å². The molecule has 1 amide bonds. The van der Waals surface area contributed by atoms with E-state index >= 15 is 0 Å². The molecule has 0 aliphatic carbocycles. The Kier molecular flexibility index (Phi) is 10.1. The fourth-order valence-corrected chi connectivity index (χ4v) is 1.76. The molecule has 25 heavy (non-hydrogen) atoms. The number of methoxy groups -OCH3 is 1. The van der Waals surface area contributed by atoms with E-state index in [-0.39, 0.29) is 24.5 Å². The van der Waals surface area contributed by atoms with Gasteiger partial charge in [-0.25, -0.2) is 0 Å². The molecule has 10 nitrogen and oxygen atoms in total. The minimum atomic E-state index is -1.66. The molecule has 2 N–H and O–H groups in total. The smallest absolute Gasteiger partial charge is 0.307 e. The second kappa shape index (κ2) is 11.2. The Labute approximate surface area is 145 Å². The maximum absolute atomic E-state index is 11.4. The van der Waals surface area contributed by atoms with Crippen molar-refractivity contribution in [3.63, 3.8) is 0 Å². The van der Waals surface area contributed by atoms with Crippen molar-refractivity contribution in [3.8, 4) is 0 Å². The number of ether oxygens (including phenoxy) is 4. The molecular formula is C15H23NO9. The van der Waals surface area contributed by atoms with Gasteiger partial charge in [-0.2, -0.15) is 0 Å². The third-order valence-corrected chi connectivity index (χ3v) is 2.59. The van der Waals surface area contributed by atoms with Gasteiger partial charge >= 0.3 is 17.9 Å². The quantitative estimate of drug-likeness (QED) is 0.246. The predicted molar refractivity (Wildman–Crippen MR) is 82.4 cm³/mol. The van der Waals surface area contributed by atoms with Crippen molar-refractivity contribution in [1.82, 2.24) is 5.32 Å².